The van der Waals surface area contributed by atoms with E-state index in [9.17, 15) is 4.39 Å². The summed E-state index contributed by atoms with van der Waals surface area (Å²) in [4.78, 5) is 0. The fourth-order valence-corrected chi connectivity index (χ4v) is 3.01. The topological polar surface area (TPSA) is 12.0 Å². The Balaban J connectivity index is 2.09. The lowest BCUT2D eigenvalue weighted by Gasteiger charge is -2.21. The summed E-state index contributed by atoms with van der Waals surface area (Å²) < 4.78 is 13.3. The van der Waals surface area contributed by atoms with Gasteiger partial charge in [-0.15, -0.1) is 0 Å². The van der Waals surface area contributed by atoms with Crippen LogP contribution in [0.2, 0.25) is 5.02 Å². The molecule has 0 heterocycles. The Labute approximate surface area is 120 Å². The molecule has 2 rings (SSSR count). The second-order valence-electron chi connectivity index (χ2n) is 6.30. The Bertz CT molecular complexity index is 444. The molecule has 3 heteroatoms. The first-order valence-corrected chi connectivity index (χ1v) is 7.49. The molecule has 1 aromatic carbocycles. The summed E-state index contributed by atoms with van der Waals surface area (Å²) >= 11 is 6.18. The van der Waals surface area contributed by atoms with Crippen LogP contribution >= 0.6 is 11.6 Å². The Morgan fingerprint density at radius 2 is 2.16 bits per heavy atom. The molecular formula is C16H23ClFN. The van der Waals surface area contributed by atoms with Crippen molar-refractivity contribution in [2.24, 2.45) is 11.3 Å². The summed E-state index contributed by atoms with van der Waals surface area (Å²) in [6, 6.07) is 5.04. The van der Waals surface area contributed by atoms with Crippen LogP contribution in [-0.2, 0) is 6.42 Å². The van der Waals surface area contributed by atoms with Crippen molar-refractivity contribution in [1.82, 2.24) is 5.32 Å². The van der Waals surface area contributed by atoms with Crippen LogP contribution in [0, 0.1) is 17.2 Å². The predicted molar refractivity (Wildman–Crippen MR) is 79.1 cm³/mol. The molecule has 1 fully saturated rings. The quantitative estimate of drug-likeness (QED) is 0.814. The van der Waals surface area contributed by atoms with Gasteiger partial charge in [0.25, 0.3) is 0 Å². The maximum absolute atomic E-state index is 13.3. The number of rotatable bonds is 6. The van der Waals surface area contributed by atoms with E-state index in [1.54, 1.807) is 12.1 Å². The second-order valence-corrected chi connectivity index (χ2v) is 6.71. The minimum absolute atomic E-state index is 0.205. The van der Waals surface area contributed by atoms with Crippen molar-refractivity contribution in [3.8, 4) is 0 Å². The third-order valence-corrected chi connectivity index (χ3v) is 4.55. The van der Waals surface area contributed by atoms with Gasteiger partial charge >= 0.3 is 0 Å². The maximum Gasteiger partial charge on any atom is 0.123 e. The molecule has 1 aromatic rings. The molecule has 0 amide bonds. The standard InChI is InChI=1S/C16H23ClFN/c1-4-7-19-15(13-10-16(13,2)3)9-11-8-12(18)5-6-14(11)17/h5-6,8,13,15,19H,4,7,9-10H2,1-3H3. The molecule has 0 bridgehead atoms. The summed E-state index contributed by atoms with van der Waals surface area (Å²) in [6.07, 6.45) is 3.16. The lowest BCUT2D eigenvalue weighted by molar-refractivity contribution is 0.402. The van der Waals surface area contributed by atoms with E-state index in [-0.39, 0.29) is 5.82 Å². The third kappa shape index (κ3) is 3.70. The van der Waals surface area contributed by atoms with Gasteiger partial charge in [0, 0.05) is 11.1 Å². The predicted octanol–water partition coefficient (Wildman–Crippen LogP) is 4.44. The van der Waals surface area contributed by atoms with E-state index in [1.165, 1.54) is 12.5 Å². The summed E-state index contributed by atoms with van der Waals surface area (Å²) in [5.74, 6) is 0.460. The zero-order valence-corrected chi connectivity index (χ0v) is 12.7. The lowest BCUT2D eigenvalue weighted by Crippen LogP contribution is -2.35. The zero-order chi connectivity index (χ0) is 14.0. The van der Waals surface area contributed by atoms with Crippen molar-refractivity contribution in [2.75, 3.05) is 6.54 Å². The molecule has 106 valence electrons. The van der Waals surface area contributed by atoms with E-state index in [2.05, 4.69) is 26.1 Å². The van der Waals surface area contributed by atoms with Crippen molar-refractivity contribution in [1.29, 1.82) is 0 Å². The van der Waals surface area contributed by atoms with Crippen LogP contribution in [0.25, 0.3) is 0 Å². The third-order valence-electron chi connectivity index (χ3n) is 4.18. The molecule has 1 aliphatic rings. The Kier molecular flexibility index (Phi) is 4.52. The molecule has 1 N–H and O–H groups in total. The molecule has 1 saturated carbocycles. The van der Waals surface area contributed by atoms with Gasteiger partial charge in [0.15, 0.2) is 0 Å². The zero-order valence-electron chi connectivity index (χ0n) is 12.0. The van der Waals surface area contributed by atoms with Crippen molar-refractivity contribution in [3.05, 3.63) is 34.6 Å². The molecule has 1 aliphatic carbocycles. The lowest BCUT2D eigenvalue weighted by atomic mass is 9.97. The minimum atomic E-state index is -0.205. The van der Waals surface area contributed by atoms with Crippen molar-refractivity contribution in [3.63, 3.8) is 0 Å². The molecule has 0 saturated heterocycles. The van der Waals surface area contributed by atoms with E-state index in [0.717, 1.165) is 24.9 Å². The Morgan fingerprint density at radius 3 is 2.74 bits per heavy atom. The number of nitrogens with one attached hydrogen (secondary N) is 1. The van der Waals surface area contributed by atoms with Gasteiger partial charge in [-0.3, -0.25) is 0 Å². The Hall–Kier alpha value is -0.600. The second kappa shape index (κ2) is 5.80. The molecule has 19 heavy (non-hydrogen) atoms. The van der Waals surface area contributed by atoms with Gasteiger partial charge in [-0.1, -0.05) is 32.4 Å². The number of hydrogen-bond donors (Lipinski definition) is 1. The van der Waals surface area contributed by atoms with Gasteiger partial charge in [-0.05, 0) is 60.9 Å². The first-order chi connectivity index (χ1) is 8.94. The first kappa shape index (κ1) is 14.8. The summed E-state index contributed by atoms with van der Waals surface area (Å²) in [6.45, 7) is 7.76. The van der Waals surface area contributed by atoms with Crippen molar-refractivity contribution < 1.29 is 4.39 Å². The molecule has 0 radical (unpaired) electrons. The highest BCUT2D eigenvalue weighted by Gasteiger charge is 2.49. The van der Waals surface area contributed by atoms with Crippen molar-refractivity contribution in [2.45, 2.75) is 46.1 Å². The maximum atomic E-state index is 13.3. The normalized spacial score (nSPS) is 22.3. The van der Waals surface area contributed by atoms with Crippen LogP contribution in [0.15, 0.2) is 18.2 Å². The Morgan fingerprint density at radius 1 is 1.47 bits per heavy atom. The van der Waals surface area contributed by atoms with E-state index in [4.69, 9.17) is 11.6 Å². The number of benzene rings is 1. The van der Waals surface area contributed by atoms with Gasteiger partial charge in [0.05, 0.1) is 0 Å². The number of halogens is 2. The summed E-state index contributed by atoms with van der Waals surface area (Å²) in [5, 5.41) is 4.27. The van der Waals surface area contributed by atoms with E-state index >= 15 is 0 Å². The van der Waals surface area contributed by atoms with Crippen LogP contribution in [0.3, 0.4) is 0 Å². The molecule has 0 aromatic heterocycles. The highest BCUT2D eigenvalue weighted by molar-refractivity contribution is 6.31. The monoisotopic (exact) mass is 283 g/mol. The molecule has 2 unspecified atom stereocenters. The highest BCUT2D eigenvalue weighted by atomic mass is 35.5. The van der Waals surface area contributed by atoms with Crippen LogP contribution in [0.1, 0.15) is 39.2 Å². The van der Waals surface area contributed by atoms with E-state index < -0.39 is 0 Å². The SMILES string of the molecule is CCCNC(Cc1cc(F)ccc1Cl)C1CC1(C)C. The van der Waals surface area contributed by atoms with Crippen molar-refractivity contribution >= 4 is 11.6 Å². The fourth-order valence-electron chi connectivity index (χ4n) is 2.82. The van der Waals surface area contributed by atoms with Gasteiger partial charge < -0.3 is 5.32 Å². The molecule has 2 atom stereocenters. The average molecular weight is 284 g/mol. The fraction of sp³-hybridized carbons (Fsp3) is 0.625. The minimum Gasteiger partial charge on any atom is -0.313 e. The molecule has 0 spiro atoms. The highest BCUT2D eigenvalue weighted by Crippen LogP contribution is 2.54. The van der Waals surface area contributed by atoms with E-state index in [0.29, 0.717) is 22.4 Å². The van der Waals surface area contributed by atoms with Crippen LogP contribution < -0.4 is 5.32 Å². The molecule has 1 nitrogen and oxygen atoms in total. The van der Waals surface area contributed by atoms with Crippen LogP contribution in [0.5, 0.6) is 0 Å². The van der Waals surface area contributed by atoms with Gasteiger partial charge in [0.2, 0.25) is 0 Å². The largest absolute Gasteiger partial charge is 0.313 e. The van der Waals surface area contributed by atoms with Gasteiger partial charge in [-0.25, -0.2) is 4.39 Å². The van der Waals surface area contributed by atoms with Crippen LogP contribution in [0.4, 0.5) is 4.39 Å². The average Bonchev–Trinajstić information content (AvgIpc) is 2.98. The number of hydrogen-bond acceptors (Lipinski definition) is 1. The van der Waals surface area contributed by atoms with E-state index in [1.807, 2.05) is 0 Å². The van der Waals surface area contributed by atoms with Gasteiger partial charge in [-0.2, -0.15) is 0 Å². The molecule has 0 aliphatic heterocycles. The van der Waals surface area contributed by atoms with Crippen LogP contribution in [-0.4, -0.2) is 12.6 Å². The smallest absolute Gasteiger partial charge is 0.123 e. The first-order valence-electron chi connectivity index (χ1n) is 7.11. The van der Waals surface area contributed by atoms with Gasteiger partial charge in [0.1, 0.15) is 5.82 Å². The molecular weight excluding hydrogens is 261 g/mol. The summed E-state index contributed by atoms with van der Waals surface area (Å²) in [5.41, 5.74) is 1.32. The summed E-state index contributed by atoms with van der Waals surface area (Å²) in [7, 11) is 0.